The lowest BCUT2D eigenvalue weighted by molar-refractivity contribution is -0.126. The summed E-state index contributed by atoms with van der Waals surface area (Å²) in [6.07, 6.45) is 1.54. The molecular formula is C12H16F2N4O2. The van der Waals surface area contributed by atoms with E-state index in [1.807, 2.05) is 4.90 Å². The zero-order valence-corrected chi connectivity index (χ0v) is 11.3. The molecule has 1 saturated heterocycles. The fourth-order valence-electron chi connectivity index (χ4n) is 1.87. The minimum atomic E-state index is -2.97. The Balaban J connectivity index is 1.88. The van der Waals surface area contributed by atoms with Crippen molar-refractivity contribution < 1.29 is 18.1 Å². The van der Waals surface area contributed by atoms with E-state index < -0.39 is 11.8 Å². The highest BCUT2D eigenvalue weighted by Crippen LogP contribution is 2.15. The lowest BCUT2D eigenvalue weighted by atomic mass is 10.3. The van der Waals surface area contributed by atoms with Crippen molar-refractivity contribution in [3.05, 3.63) is 18.0 Å². The second-order valence-corrected chi connectivity index (χ2v) is 4.72. The topological polar surface area (TPSA) is 62.5 Å². The van der Waals surface area contributed by atoms with Crippen LogP contribution in [0.15, 0.2) is 16.7 Å². The van der Waals surface area contributed by atoms with E-state index in [0.717, 1.165) is 13.0 Å². The van der Waals surface area contributed by atoms with E-state index in [2.05, 4.69) is 10.1 Å². The summed E-state index contributed by atoms with van der Waals surface area (Å²) in [5.41, 5.74) is 0. The summed E-state index contributed by atoms with van der Waals surface area (Å²) in [4.78, 5) is 19.2. The van der Waals surface area contributed by atoms with Crippen molar-refractivity contribution in [3.8, 4) is 0 Å². The highest BCUT2D eigenvalue weighted by Gasteiger charge is 2.23. The summed E-state index contributed by atoms with van der Waals surface area (Å²) >= 11 is 0. The molecule has 0 aliphatic carbocycles. The molecule has 1 aromatic rings. The summed E-state index contributed by atoms with van der Waals surface area (Å²) in [5.74, 6) is -2.41. The predicted molar refractivity (Wildman–Crippen MR) is 67.6 cm³/mol. The molecule has 8 heteroatoms. The zero-order valence-electron chi connectivity index (χ0n) is 11.3. The normalized spacial score (nSPS) is 17.0. The number of alkyl halides is 2. The zero-order chi connectivity index (χ0) is 14.8. The van der Waals surface area contributed by atoms with Crippen molar-refractivity contribution in [2.45, 2.75) is 19.8 Å². The van der Waals surface area contributed by atoms with Gasteiger partial charge in [0.25, 0.3) is 11.9 Å². The van der Waals surface area contributed by atoms with Crippen LogP contribution in [0.5, 0.6) is 0 Å². The Hall–Kier alpha value is -1.99. The average molecular weight is 286 g/mol. The van der Waals surface area contributed by atoms with Crippen LogP contribution in [-0.2, 0) is 4.79 Å². The molecule has 0 bridgehead atoms. The summed E-state index contributed by atoms with van der Waals surface area (Å²) in [5, 5.41) is 3.80. The van der Waals surface area contributed by atoms with Gasteiger partial charge in [0.05, 0.1) is 0 Å². The fourth-order valence-corrected chi connectivity index (χ4v) is 1.87. The molecule has 0 unspecified atom stereocenters. The Morgan fingerprint density at radius 1 is 1.35 bits per heavy atom. The second kappa shape index (κ2) is 5.56. The molecule has 110 valence electrons. The molecule has 1 amide bonds. The van der Waals surface area contributed by atoms with Crippen LogP contribution in [-0.4, -0.2) is 53.0 Å². The Morgan fingerprint density at radius 3 is 2.50 bits per heavy atom. The van der Waals surface area contributed by atoms with Crippen LogP contribution in [0.25, 0.3) is 0 Å². The van der Waals surface area contributed by atoms with Gasteiger partial charge in [-0.3, -0.25) is 4.79 Å². The maximum atomic E-state index is 12.6. The number of nitrogens with zero attached hydrogens (tertiary/aromatic N) is 4. The molecule has 2 heterocycles. The van der Waals surface area contributed by atoms with Gasteiger partial charge in [-0.1, -0.05) is 0 Å². The number of hydrogen-bond acceptors (Lipinski definition) is 5. The predicted octanol–water partition coefficient (Wildman–Crippen LogP) is 1.24. The number of aryl methyl sites for hydroxylation is 1. The fraction of sp³-hybridized carbons (Fsp3) is 0.583. The van der Waals surface area contributed by atoms with E-state index in [9.17, 15) is 13.6 Å². The highest BCUT2D eigenvalue weighted by atomic mass is 19.3. The molecule has 1 aliphatic heterocycles. The van der Waals surface area contributed by atoms with Gasteiger partial charge < -0.3 is 14.3 Å². The van der Waals surface area contributed by atoms with Crippen LogP contribution in [0.3, 0.4) is 0 Å². The van der Waals surface area contributed by atoms with Crippen LogP contribution in [0.4, 0.5) is 14.7 Å². The van der Waals surface area contributed by atoms with Crippen molar-refractivity contribution in [1.29, 1.82) is 0 Å². The minimum Gasteiger partial charge on any atom is -0.338 e. The summed E-state index contributed by atoms with van der Waals surface area (Å²) in [6, 6.07) is 0. The molecular weight excluding hydrogens is 270 g/mol. The number of piperazine rings is 1. The molecule has 1 aromatic heterocycles. The number of anilines is 1. The number of aromatic nitrogens is 2. The van der Waals surface area contributed by atoms with Crippen LogP contribution >= 0.6 is 0 Å². The lowest BCUT2D eigenvalue weighted by Crippen LogP contribution is -2.48. The maximum absolute atomic E-state index is 12.6. The van der Waals surface area contributed by atoms with Crippen molar-refractivity contribution in [2.24, 2.45) is 0 Å². The molecule has 1 fully saturated rings. The molecule has 20 heavy (non-hydrogen) atoms. The number of rotatable bonds is 3. The first-order valence-electron chi connectivity index (χ1n) is 6.26. The number of hydrogen-bond donors (Lipinski definition) is 0. The lowest BCUT2D eigenvalue weighted by Gasteiger charge is -2.33. The van der Waals surface area contributed by atoms with Gasteiger partial charge in [0.15, 0.2) is 0 Å². The first kappa shape index (κ1) is 14.4. The maximum Gasteiger partial charge on any atom is 0.266 e. The monoisotopic (exact) mass is 286 g/mol. The standard InChI is InChI=1S/C12H16F2N4O2/c1-9-15-11(16-20-9)18-7-5-17(6-8-18)10(19)3-4-12(2,13)14/h3-4H,5-8H2,1-2H3/b4-3+. The van der Waals surface area contributed by atoms with Gasteiger partial charge in [0.2, 0.25) is 11.8 Å². The molecule has 2 rings (SSSR count). The van der Waals surface area contributed by atoms with Crippen LogP contribution in [0, 0.1) is 6.92 Å². The van der Waals surface area contributed by atoms with E-state index in [-0.39, 0.29) is 0 Å². The number of allylic oxidation sites excluding steroid dienone is 1. The van der Waals surface area contributed by atoms with Crippen molar-refractivity contribution in [1.82, 2.24) is 15.0 Å². The number of halogens is 2. The van der Waals surface area contributed by atoms with E-state index in [1.54, 1.807) is 6.92 Å². The van der Waals surface area contributed by atoms with E-state index >= 15 is 0 Å². The van der Waals surface area contributed by atoms with Crippen LogP contribution < -0.4 is 4.90 Å². The number of amides is 1. The first-order valence-corrected chi connectivity index (χ1v) is 6.26. The van der Waals surface area contributed by atoms with Gasteiger partial charge in [-0.15, -0.1) is 0 Å². The SMILES string of the molecule is Cc1nc(N2CCN(C(=O)/C=C/C(C)(F)F)CC2)no1. The smallest absolute Gasteiger partial charge is 0.266 e. The van der Waals surface area contributed by atoms with E-state index in [4.69, 9.17) is 4.52 Å². The van der Waals surface area contributed by atoms with E-state index in [1.165, 1.54) is 4.90 Å². The summed E-state index contributed by atoms with van der Waals surface area (Å²) in [7, 11) is 0. The number of carbonyl (C=O) groups is 1. The van der Waals surface area contributed by atoms with Crippen molar-refractivity contribution >= 4 is 11.9 Å². The average Bonchev–Trinajstić information content (AvgIpc) is 2.82. The summed E-state index contributed by atoms with van der Waals surface area (Å²) in [6.45, 7) is 4.40. The second-order valence-electron chi connectivity index (χ2n) is 4.72. The molecule has 6 nitrogen and oxygen atoms in total. The molecule has 0 spiro atoms. The number of carbonyl (C=O) groups excluding carboxylic acids is 1. The van der Waals surface area contributed by atoms with Crippen molar-refractivity contribution in [2.75, 3.05) is 31.1 Å². The van der Waals surface area contributed by atoms with Gasteiger partial charge in [-0.05, 0) is 11.2 Å². The summed E-state index contributed by atoms with van der Waals surface area (Å²) < 4.78 is 30.2. The third-order valence-electron chi connectivity index (χ3n) is 2.91. The minimum absolute atomic E-state index is 0.407. The third-order valence-corrected chi connectivity index (χ3v) is 2.91. The van der Waals surface area contributed by atoms with Gasteiger partial charge in [0.1, 0.15) is 0 Å². The Morgan fingerprint density at radius 2 is 2.00 bits per heavy atom. The molecule has 0 N–H and O–H groups in total. The van der Waals surface area contributed by atoms with E-state index in [0.29, 0.717) is 44.1 Å². The van der Waals surface area contributed by atoms with Gasteiger partial charge in [-0.25, -0.2) is 8.78 Å². The molecule has 0 radical (unpaired) electrons. The Bertz CT molecular complexity index is 502. The molecule has 0 saturated carbocycles. The molecule has 0 atom stereocenters. The van der Waals surface area contributed by atoms with Crippen molar-refractivity contribution in [3.63, 3.8) is 0 Å². The highest BCUT2D eigenvalue weighted by molar-refractivity contribution is 5.87. The Kier molecular flexibility index (Phi) is 4.01. The third kappa shape index (κ3) is 3.75. The molecule has 1 aliphatic rings. The first-order chi connectivity index (χ1) is 9.35. The van der Waals surface area contributed by atoms with Gasteiger partial charge in [-0.2, -0.15) is 4.98 Å². The Labute approximate surface area is 115 Å². The quantitative estimate of drug-likeness (QED) is 0.782. The van der Waals surface area contributed by atoms with Gasteiger partial charge in [0, 0.05) is 46.1 Å². The van der Waals surface area contributed by atoms with Crippen LogP contribution in [0.2, 0.25) is 0 Å². The largest absolute Gasteiger partial charge is 0.338 e. The van der Waals surface area contributed by atoms with Gasteiger partial charge >= 0.3 is 0 Å². The molecule has 0 aromatic carbocycles. The van der Waals surface area contributed by atoms with Crippen LogP contribution in [0.1, 0.15) is 12.8 Å².